The highest BCUT2D eigenvalue weighted by molar-refractivity contribution is 6.38. The molecule has 2 atom stereocenters. The molecule has 5 rings (SSSR count). The lowest BCUT2D eigenvalue weighted by atomic mass is 9.91. The van der Waals surface area contributed by atoms with Crippen LogP contribution in [0.1, 0.15) is 25.7 Å². The van der Waals surface area contributed by atoms with Gasteiger partial charge < -0.3 is 20.5 Å². The number of aromatic amines is 1. The van der Waals surface area contributed by atoms with Crippen molar-refractivity contribution >= 4 is 45.3 Å². The molecule has 3 aromatic heterocycles. The molecule has 0 bridgehead atoms. The van der Waals surface area contributed by atoms with Crippen LogP contribution in [0, 0.1) is 0 Å². The average Bonchev–Trinajstić information content (AvgIpc) is 3.21. The van der Waals surface area contributed by atoms with Crippen LogP contribution in [0.2, 0.25) is 5.02 Å². The molecule has 3 N–H and O–H groups in total. The van der Waals surface area contributed by atoms with Gasteiger partial charge in [-0.1, -0.05) is 23.7 Å². The van der Waals surface area contributed by atoms with Gasteiger partial charge in [-0.25, -0.2) is 15.0 Å². The van der Waals surface area contributed by atoms with Gasteiger partial charge in [0.2, 0.25) is 0 Å². The summed E-state index contributed by atoms with van der Waals surface area (Å²) in [4.78, 5) is 21.8. The second-order valence-electron chi connectivity index (χ2n) is 8.88. The number of hydrogen-bond acceptors (Lipinski definition) is 6. The maximum Gasteiger partial charge on any atom is 0.159 e. The van der Waals surface area contributed by atoms with Crippen LogP contribution >= 0.6 is 11.6 Å². The Balaban J connectivity index is 1.53. The Labute approximate surface area is 192 Å². The maximum absolute atomic E-state index is 6.84. The van der Waals surface area contributed by atoms with E-state index >= 15 is 0 Å². The molecule has 3 heterocycles. The Hall–Kier alpha value is -2.90. The third kappa shape index (κ3) is 3.65. The molecule has 4 aromatic rings. The van der Waals surface area contributed by atoms with Crippen LogP contribution < -0.4 is 15.5 Å². The standard InChI is InChI=1S/C24H28ClN7/c1-31(2)19-10-8-14-7-9-17(21(25)22(14)29-19)18-12-28-24-23(18)27-13-20(30-24)32(3)16-6-4-5-15(26)11-16/h7-10,12-13,15-16H,4-6,11,26H2,1-3H3,(H,28,30)/t15-,16-/m1/s1. The molecule has 0 saturated heterocycles. The lowest BCUT2D eigenvalue weighted by Crippen LogP contribution is -2.41. The van der Waals surface area contributed by atoms with Crippen LogP contribution in [0.25, 0.3) is 33.2 Å². The lowest BCUT2D eigenvalue weighted by Gasteiger charge is -2.34. The summed E-state index contributed by atoms with van der Waals surface area (Å²) in [5.41, 5.74) is 10.3. The van der Waals surface area contributed by atoms with E-state index in [1.165, 1.54) is 0 Å². The number of pyridine rings is 1. The first-order valence-corrected chi connectivity index (χ1v) is 11.4. The van der Waals surface area contributed by atoms with Crippen LogP contribution in [0.3, 0.4) is 0 Å². The van der Waals surface area contributed by atoms with Crippen molar-refractivity contribution in [1.29, 1.82) is 0 Å². The van der Waals surface area contributed by atoms with E-state index in [9.17, 15) is 0 Å². The van der Waals surface area contributed by atoms with Gasteiger partial charge in [0.05, 0.1) is 16.7 Å². The highest BCUT2D eigenvalue weighted by atomic mass is 35.5. The van der Waals surface area contributed by atoms with E-state index in [4.69, 9.17) is 32.3 Å². The summed E-state index contributed by atoms with van der Waals surface area (Å²) in [7, 11) is 6.02. The zero-order chi connectivity index (χ0) is 22.4. The molecule has 1 aromatic carbocycles. The average molecular weight is 450 g/mol. The number of anilines is 2. The number of aromatic nitrogens is 4. The minimum absolute atomic E-state index is 0.265. The number of nitrogens with zero attached hydrogens (tertiary/aromatic N) is 5. The quantitative estimate of drug-likeness (QED) is 0.473. The Kier molecular flexibility index (Phi) is 5.39. The van der Waals surface area contributed by atoms with Gasteiger partial charge in [-0.2, -0.15) is 0 Å². The van der Waals surface area contributed by atoms with E-state index in [0.717, 1.165) is 70.5 Å². The fraction of sp³-hybridized carbons (Fsp3) is 0.375. The van der Waals surface area contributed by atoms with Crippen molar-refractivity contribution in [2.24, 2.45) is 5.73 Å². The number of hydrogen-bond donors (Lipinski definition) is 2. The summed E-state index contributed by atoms with van der Waals surface area (Å²) < 4.78 is 0. The zero-order valence-corrected chi connectivity index (χ0v) is 19.4. The second kappa shape index (κ2) is 8.22. The van der Waals surface area contributed by atoms with Crippen molar-refractivity contribution in [1.82, 2.24) is 19.9 Å². The van der Waals surface area contributed by atoms with Gasteiger partial charge in [-0.05, 0) is 37.8 Å². The minimum atomic E-state index is 0.265. The van der Waals surface area contributed by atoms with Crippen molar-refractivity contribution in [2.75, 3.05) is 30.9 Å². The smallest absolute Gasteiger partial charge is 0.159 e. The SMILES string of the molecule is CN(C)c1ccc2ccc(-c3c[nH]c4nc(N(C)[C@@H]5CCC[C@@H](N)C5)cnc34)c(Cl)c2n1. The molecular formula is C24H28ClN7. The number of fused-ring (bicyclic) bond motifs is 2. The van der Waals surface area contributed by atoms with E-state index in [1.807, 2.05) is 55.7 Å². The first kappa shape index (κ1) is 21.0. The molecule has 0 unspecified atom stereocenters. The van der Waals surface area contributed by atoms with Crippen LogP contribution in [0.15, 0.2) is 36.7 Å². The molecule has 1 aliphatic rings. The van der Waals surface area contributed by atoms with E-state index in [1.54, 1.807) is 0 Å². The lowest BCUT2D eigenvalue weighted by molar-refractivity contribution is 0.381. The van der Waals surface area contributed by atoms with Gasteiger partial charge in [0, 0.05) is 55.9 Å². The van der Waals surface area contributed by atoms with Crippen molar-refractivity contribution in [3.05, 3.63) is 41.7 Å². The molecule has 8 heteroatoms. The van der Waals surface area contributed by atoms with Crippen molar-refractivity contribution in [3.8, 4) is 11.1 Å². The predicted octanol–water partition coefficient (Wildman–Crippen LogP) is 4.60. The van der Waals surface area contributed by atoms with Gasteiger partial charge in [0.1, 0.15) is 17.2 Å². The highest BCUT2D eigenvalue weighted by Crippen LogP contribution is 2.37. The number of nitrogens with two attached hydrogens (primary N) is 1. The molecule has 0 spiro atoms. The largest absolute Gasteiger partial charge is 0.363 e. The number of rotatable bonds is 4. The molecule has 0 aliphatic heterocycles. The molecule has 1 fully saturated rings. The number of nitrogens with one attached hydrogen (secondary N) is 1. The number of halogens is 1. The van der Waals surface area contributed by atoms with Gasteiger partial charge in [-0.15, -0.1) is 0 Å². The molecular weight excluding hydrogens is 422 g/mol. The molecule has 1 aliphatic carbocycles. The topological polar surface area (TPSA) is 87.0 Å². The van der Waals surface area contributed by atoms with Crippen molar-refractivity contribution < 1.29 is 0 Å². The van der Waals surface area contributed by atoms with Crippen LogP contribution in [-0.2, 0) is 0 Å². The third-order valence-corrected chi connectivity index (χ3v) is 6.88. The first-order valence-electron chi connectivity index (χ1n) is 11.0. The van der Waals surface area contributed by atoms with E-state index in [-0.39, 0.29) is 6.04 Å². The fourth-order valence-corrected chi connectivity index (χ4v) is 4.92. The van der Waals surface area contributed by atoms with Crippen molar-refractivity contribution in [3.63, 3.8) is 0 Å². The van der Waals surface area contributed by atoms with Gasteiger partial charge in [-0.3, -0.25) is 0 Å². The summed E-state index contributed by atoms with van der Waals surface area (Å²) in [6.07, 6.45) is 8.15. The van der Waals surface area contributed by atoms with Gasteiger partial charge >= 0.3 is 0 Å². The Morgan fingerprint density at radius 3 is 2.59 bits per heavy atom. The van der Waals surface area contributed by atoms with E-state index in [0.29, 0.717) is 11.1 Å². The summed E-state index contributed by atoms with van der Waals surface area (Å²) in [5, 5.41) is 1.62. The minimum Gasteiger partial charge on any atom is -0.363 e. The summed E-state index contributed by atoms with van der Waals surface area (Å²) in [5.74, 6) is 1.72. The first-order chi connectivity index (χ1) is 15.4. The van der Waals surface area contributed by atoms with Crippen LogP contribution in [-0.4, -0.2) is 53.2 Å². The number of H-pyrrole nitrogens is 1. The Morgan fingerprint density at radius 1 is 1.00 bits per heavy atom. The van der Waals surface area contributed by atoms with Crippen molar-refractivity contribution in [2.45, 2.75) is 37.8 Å². The summed E-state index contributed by atoms with van der Waals surface area (Å²) >= 11 is 6.84. The van der Waals surface area contributed by atoms with E-state index < -0.39 is 0 Å². The van der Waals surface area contributed by atoms with Gasteiger partial charge in [0.15, 0.2) is 5.65 Å². The normalized spacial score (nSPS) is 18.9. The molecule has 0 amide bonds. The number of benzene rings is 1. The summed E-state index contributed by atoms with van der Waals surface area (Å²) in [6, 6.07) is 8.77. The molecule has 7 nitrogen and oxygen atoms in total. The molecule has 166 valence electrons. The van der Waals surface area contributed by atoms with E-state index in [2.05, 4.69) is 16.9 Å². The monoisotopic (exact) mass is 449 g/mol. The van der Waals surface area contributed by atoms with Crippen LogP contribution in [0.4, 0.5) is 11.6 Å². The maximum atomic E-state index is 6.84. The van der Waals surface area contributed by atoms with Gasteiger partial charge in [0.25, 0.3) is 0 Å². The molecule has 1 saturated carbocycles. The highest BCUT2D eigenvalue weighted by Gasteiger charge is 2.24. The van der Waals surface area contributed by atoms with Crippen LogP contribution in [0.5, 0.6) is 0 Å². The molecule has 0 radical (unpaired) electrons. The summed E-state index contributed by atoms with van der Waals surface area (Å²) in [6.45, 7) is 0. The Bertz CT molecular complexity index is 1280. The zero-order valence-electron chi connectivity index (χ0n) is 18.6. The predicted molar refractivity (Wildman–Crippen MR) is 133 cm³/mol. The third-order valence-electron chi connectivity index (χ3n) is 6.50. The second-order valence-corrected chi connectivity index (χ2v) is 9.26. The fourth-order valence-electron chi connectivity index (χ4n) is 4.60. The Morgan fingerprint density at radius 2 is 1.81 bits per heavy atom. The molecule has 32 heavy (non-hydrogen) atoms.